The van der Waals surface area contributed by atoms with Crippen LogP contribution in [-0.2, 0) is 10.0 Å². The van der Waals surface area contributed by atoms with Crippen molar-refractivity contribution in [2.45, 2.75) is 38.8 Å². The summed E-state index contributed by atoms with van der Waals surface area (Å²) in [7, 11) is -2.03. The Hall–Kier alpha value is -2.25. The summed E-state index contributed by atoms with van der Waals surface area (Å²) in [6.45, 7) is 5.95. The average molecular weight is 437 g/mol. The molecular formula is C21H25ClN2O4S. The molecule has 0 radical (unpaired) electrons. The van der Waals surface area contributed by atoms with E-state index in [1.807, 2.05) is 39.0 Å². The van der Waals surface area contributed by atoms with Gasteiger partial charge in [0.25, 0.3) is 5.91 Å². The van der Waals surface area contributed by atoms with Crippen LogP contribution in [0.4, 0.5) is 5.69 Å². The van der Waals surface area contributed by atoms with E-state index in [4.69, 9.17) is 16.3 Å². The zero-order valence-electron chi connectivity index (χ0n) is 17.1. The Morgan fingerprint density at radius 1 is 1.24 bits per heavy atom. The molecule has 6 nitrogen and oxygen atoms in total. The maximum absolute atomic E-state index is 13.0. The number of nitrogens with one attached hydrogen (secondary N) is 1. The molecule has 0 fully saturated rings. The van der Waals surface area contributed by atoms with Crippen LogP contribution in [0.15, 0.2) is 36.4 Å². The molecule has 3 rings (SSSR count). The molecule has 1 aliphatic rings. The molecule has 1 heterocycles. The van der Waals surface area contributed by atoms with Gasteiger partial charge in [-0.15, -0.1) is 0 Å². The SMILES string of the molecule is Cc1ccc2c(c1)OC(C)(C)C[C@H]2NC(=O)c1cc(N(C)S(C)(=O)=O)ccc1Cl. The molecule has 156 valence electrons. The van der Waals surface area contributed by atoms with Crippen molar-refractivity contribution in [2.75, 3.05) is 17.6 Å². The summed E-state index contributed by atoms with van der Waals surface area (Å²) >= 11 is 6.25. The van der Waals surface area contributed by atoms with Gasteiger partial charge in [-0.1, -0.05) is 23.7 Å². The second-order valence-corrected chi connectivity index (χ2v) is 10.4. The number of sulfonamides is 1. The molecule has 1 atom stereocenters. The van der Waals surface area contributed by atoms with Crippen LogP contribution in [0.5, 0.6) is 5.75 Å². The van der Waals surface area contributed by atoms with Gasteiger partial charge in [-0.25, -0.2) is 8.42 Å². The number of fused-ring (bicyclic) bond motifs is 1. The fourth-order valence-corrected chi connectivity index (χ4v) is 4.10. The molecular weight excluding hydrogens is 412 g/mol. The summed E-state index contributed by atoms with van der Waals surface area (Å²) in [4.78, 5) is 13.0. The smallest absolute Gasteiger partial charge is 0.253 e. The Morgan fingerprint density at radius 2 is 1.93 bits per heavy atom. The first kappa shape index (κ1) is 21.5. The van der Waals surface area contributed by atoms with E-state index in [2.05, 4.69) is 5.32 Å². The standard InChI is InChI=1S/C21H25ClN2O4S/c1-13-6-8-15-18(12-21(2,3)28-19(15)10-13)23-20(25)16-11-14(7-9-17(16)22)24(4)29(5,26)27/h6-11,18H,12H2,1-5H3,(H,23,25)/t18-/m1/s1. The van der Waals surface area contributed by atoms with Gasteiger partial charge in [0, 0.05) is 19.0 Å². The minimum absolute atomic E-state index is 0.220. The third-order valence-electron chi connectivity index (χ3n) is 4.99. The van der Waals surface area contributed by atoms with Crippen LogP contribution >= 0.6 is 11.6 Å². The van der Waals surface area contributed by atoms with E-state index in [9.17, 15) is 13.2 Å². The van der Waals surface area contributed by atoms with Crippen LogP contribution in [0.2, 0.25) is 5.02 Å². The number of ether oxygens (including phenoxy) is 1. The van der Waals surface area contributed by atoms with E-state index >= 15 is 0 Å². The van der Waals surface area contributed by atoms with Gasteiger partial charge >= 0.3 is 0 Å². The van der Waals surface area contributed by atoms with Crippen molar-refractivity contribution < 1.29 is 17.9 Å². The number of halogens is 1. The summed E-state index contributed by atoms with van der Waals surface area (Å²) in [6, 6.07) is 10.2. The molecule has 1 aliphatic heterocycles. The van der Waals surface area contributed by atoms with E-state index in [0.717, 1.165) is 27.4 Å². The van der Waals surface area contributed by atoms with Gasteiger partial charge in [0.15, 0.2) is 0 Å². The highest BCUT2D eigenvalue weighted by Crippen LogP contribution is 2.40. The largest absolute Gasteiger partial charge is 0.487 e. The lowest BCUT2D eigenvalue weighted by Gasteiger charge is -2.38. The van der Waals surface area contributed by atoms with Gasteiger partial charge in [0.05, 0.1) is 28.6 Å². The van der Waals surface area contributed by atoms with Crippen LogP contribution in [-0.4, -0.2) is 33.2 Å². The van der Waals surface area contributed by atoms with Gasteiger partial charge in [-0.2, -0.15) is 0 Å². The maximum atomic E-state index is 13.0. The molecule has 29 heavy (non-hydrogen) atoms. The number of nitrogens with zero attached hydrogens (tertiary/aromatic N) is 1. The first-order chi connectivity index (χ1) is 13.4. The highest BCUT2D eigenvalue weighted by molar-refractivity contribution is 7.92. The third-order valence-corrected chi connectivity index (χ3v) is 6.52. The fourth-order valence-electron chi connectivity index (χ4n) is 3.40. The molecule has 2 aromatic rings. The lowest BCUT2D eigenvalue weighted by molar-refractivity contribution is 0.0619. The second-order valence-electron chi connectivity index (χ2n) is 8.03. The number of hydrogen-bond acceptors (Lipinski definition) is 4. The number of carbonyl (C=O) groups excluding carboxylic acids is 1. The minimum Gasteiger partial charge on any atom is -0.487 e. The number of amides is 1. The third kappa shape index (κ3) is 4.67. The highest BCUT2D eigenvalue weighted by Gasteiger charge is 2.35. The van der Waals surface area contributed by atoms with Crippen LogP contribution in [0.1, 0.15) is 47.8 Å². The molecule has 0 aliphatic carbocycles. The molecule has 8 heteroatoms. The Labute approximate surface area is 176 Å². The van der Waals surface area contributed by atoms with Gasteiger partial charge < -0.3 is 10.1 Å². The quantitative estimate of drug-likeness (QED) is 0.783. The van der Waals surface area contributed by atoms with Crippen LogP contribution in [0, 0.1) is 6.92 Å². The van der Waals surface area contributed by atoms with Crippen molar-refractivity contribution in [2.24, 2.45) is 0 Å². The number of rotatable bonds is 4. The summed E-state index contributed by atoms with van der Waals surface area (Å²) in [5, 5.41) is 3.29. The van der Waals surface area contributed by atoms with Crippen LogP contribution in [0.25, 0.3) is 0 Å². The lowest BCUT2D eigenvalue weighted by atomic mass is 9.89. The van der Waals surface area contributed by atoms with Crippen LogP contribution < -0.4 is 14.4 Å². The molecule has 2 aromatic carbocycles. The Kier molecular flexibility index (Phi) is 5.58. The predicted molar refractivity (Wildman–Crippen MR) is 115 cm³/mol. The molecule has 1 N–H and O–H groups in total. The second kappa shape index (κ2) is 7.54. The lowest BCUT2D eigenvalue weighted by Crippen LogP contribution is -2.41. The maximum Gasteiger partial charge on any atom is 0.253 e. The van der Waals surface area contributed by atoms with Gasteiger partial charge in [0.1, 0.15) is 11.4 Å². The van der Waals surface area contributed by atoms with Gasteiger partial charge in [0.2, 0.25) is 10.0 Å². The predicted octanol–water partition coefficient (Wildman–Crippen LogP) is 4.08. The summed E-state index contributed by atoms with van der Waals surface area (Å²) < 4.78 is 30.8. The van der Waals surface area contributed by atoms with E-state index < -0.39 is 15.6 Å². The first-order valence-electron chi connectivity index (χ1n) is 9.21. The Bertz CT molecular complexity index is 1070. The van der Waals surface area contributed by atoms with Crippen molar-refractivity contribution in [3.63, 3.8) is 0 Å². The minimum atomic E-state index is -3.46. The summed E-state index contributed by atoms with van der Waals surface area (Å²) in [5.74, 6) is 0.385. The molecule has 0 bridgehead atoms. The average Bonchev–Trinajstić information content (AvgIpc) is 2.59. The zero-order chi connectivity index (χ0) is 21.6. The topological polar surface area (TPSA) is 75.7 Å². The first-order valence-corrected chi connectivity index (χ1v) is 11.4. The van der Waals surface area contributed by atoms with Gasteiger partial charge in [-0.3, -0.25) is 9.10 Å². The molecule has 1 amide bonds. The molecule has 0 aromatic heterocycles. The molecule has 0 spiro atoms. The number of hydrogen-bond donors (Lipinski definition) is 1. The Morgan fingerprint density at radius 3 is 2.59 bits per heavy atom. The number of anilines is 1. The van der Waals surface area contributed by atoms with Crippen molar-refractivity contribution in [1.29, 1.82) is 0 Å². The normalized spacial score (nSPS) is 17.8. The van der Waals surface area contributed by atoms with Crippen molar-refractivity contribution in [3.05, 3.63) is 58.1 Å². The zero-order valence-corrected chi connectivity index (χ0v) is 18.7. The number of benzene rings is 2. The van der Waals surface area contributed by atoms with Crippen molar-refractivity contribution in [3.8, 4) is 5.75 Å². The molecule has 0 unspecified atom stereocenters. The van der Waals surface area contributed by atoms with E-state index in [1.165, 1.54) is 19.2 Å². The molecule has 0 saturated carbocycles. The van der Waals surface area contributed by atoms with Crippen molar-refractivity contribution >= 4 is 33.2 Å². The molecule has 0 saturated heterocycles. The Balaban J connectivity index is 1.93. The number of carbonyl (C=O) groups is 1. The highest BCUT2D eigenvalue weighted by atomic mass is 35.5. The van der Waals surface area contributed by atoms with Gasteiger partial charge in [-0.05, 0) is 50.6 Å². The summed E-state index contributed by atoms with van der Waals surface area (Å²) in [5.41, 5.74) is 2.12. The van der Waals surface area contributed by atoms with E-state index in [1.54, 1.807) is 6.07 Å². The van der Waals surface area contributed by atoms with E-state index in [0.29, 0.717) is 12.1 Å². The van der Waals surface area contributed by atoms with Crippen LogP contribution in [0.3, 0.4) is 0 Å². The monoisotopic (exact) mass is 436 g/mol. The van der Waals surface area contributed by atoms with E-state index in [-0.39, 0.29) is 22.5 Å². The number of aryl methyl sites for hydroxylation is 1. The summed E-state index contributed by atoms with van der Waals surface area (Å²) in [6.07, 6.45) is 1.69. The van der Waals surface area contributed by atoms with Crippen molar-refractivity contribution in [1.82, 2.24) is 5.32 Å². The fraction of sp³-hybridized carbons (Fsp3) is 0.381.